The maximum Gasteiger partial charge on any atom is 0.263 e. The smallest absolute Gasteiger partial charge is 0.263 e. The fourth-order valence-corrected chi connectivity index (χ4v) is 2.75. The maximum absolute atomic E-state index is 12.4. The Hall–Kier alpha value is -1.71. The number of nitrogens with one attached hydrogen (secondary N) is 1. The van der Waals surface area contributed by atoms with Gasteiger partial charge in [0.2, 0.25) is 0 Å². The lowest BCUT2D eigenvalue weighted by atomic mass is 9.98. The van der Waals surface area contributed by atoms with Gasteiger partial charge in [-0.25, -0.2) is 0 Å². The van der Waals surface area contributed by atoms with Crippen LogP contribution in [0.3, 0.4) is 0 Å². The van der Waals surface area contributed by atoms with Crippen molar-refractivity contribution in [2.24, 2.45) is 0 Å². The highest BCUT2D eigenvalue weighted by Crippen LogP contribution is 2.23. The summed E-state index contributed by atoms with van der Waals surface area (Å²) in [6.45, 7) is 6.19. The van der Waals surface area contributed by atoms with Crippen molar-refractivity contribution in [3.05, 3.63) is 64.1 Å². The number of carbonyl (C=O) groups is 1. The lowest BCUT2D eigenvalue weighted by Crippen LogP contribution is -2.46. The topological polar surface area (TPSA) is 38.3 Å². The van der Waals surface area contributed by atoms with Crippen molar-refractivity contribution >= 4 is 29.1 Å². The van der Waals surface area contributed by atoms with Crippen LogP contribution in [-0.2, 0) is 4.79 Å². The molecule has 0 saturated carbocycles. The van der Waals surface area contributed by atoms with Crippen LogP contribution in [0.4, 0.5) is 0 Å². The number of benzene rings is 2. The van der Waals surface area contributed by atoms with Crippen LogP contribution in [0.1, 0.15) is 38.7 Å². The monoisotopic (exact) mass is 379 g/mol. The van der Waals surface area contributed by atoms with Gasteiger partial charge in [0.05, 0.1) is 0 Å². The number of carbonyl (C=O) groups excluding carboxylic acids is 1. The molecule has 0 spiro atoms. The molecule has 0 aliphatic heterocycles. The molecule has 0 aromatic heterocycles. The van der Waals surface area contributed by atoms with E-state index in [1.165, 1.54) is 5.56 Å². The van der Waals surface area contributed by atoms with E-state index in [0.717, 1.165) is 11.4 Å². The number of rotatable bonds is 7. The van der Waals surface area contributed by atoms with Crippen molar-refractivity contribution in [1.29, 1.82) is 0 Å². The van der Waals surface area contributed by atoms with E-state index >= 15 is 0 Å². The molecule has 0 saturated heterocycles. The summed E-state index contributed by atoms with van der Waals surface area (Å²) in [4.78, 5) is 12.4. The number of ether oxygens (including phenoxy) is 1. The Bertz CT molecular complexity index is 714. The van der Waals surface area contributed by atoms with Crippen LogP contribution < -0.4 is 10.1 Å². The lowest BCUT2D eigenvalue weighted by molar-refractivity contribution is -0.134. The molecule has 0 aliphatic carbocycles. The highest BCUT2D eigenvalue weighted by molar-refractivity contribution is 6.30. The Morgan fingerprint density at radius 3 is 2.44 bits per heavy atom. The summed E-state index contributed by atoms with van der Waals surface area (Å²) in [6.07, 6.45) is 0.834. The summed E-state index contributed by atoms with van der Waals surface area (Å²) in [7, 11) is 0. The summed E-state index contributed by atoms with van der Waals surface area (Å²) >= 11 is 11.9. The van der Waals surface area contributed by atoms with Gasteiger partial charge in [-0.1, -0.05) is 48.3 Å². The molecule has 0 bridgehead atoms. The van der Waals surface area contributed by atoms with Gasteiger partial charge < -0.3 is 10.1 Å². The average molecular weight is 380 g/mol. The standard InChI is InChI=1S/C20H23Cl2NO2/c1-14(15-7-9-16(21)10-8-15)11-12-23-19(24)20(2,3)25-18-6-4-5-17(22)13-18/h4-10,13-14H,11-12H2,1-3H3,(H,23,24). The van der Waals surface area contributed by atoms with Gasteiger partial charge in [0.15, 0.2) is 5.60 Å². The second-order valence-corrected chi connectivity index (χ2v) is 7.44. The van der Waals surface area contributed by atoms with Crippen LogP contribution in [0, 0.1) is 0 Å². The molecule has 0 radical (unpaired) electrons. The highest BCUT2D eigenvalue weighted by Gasteiger charge is 2.29. The van der Waals surface area contributed by atoms with Crippen molar-refractivity contribution in [2.75, 3.05) is 6.54 Å². The summed E-state index contributed by atoms with van der Waals surface area (Å²) in [5.41, 5.74) is 0.224. The first-order valence-electron chi connectivity index (χ1n) is 8.26. The predicted molar refractivity (Wildman–Crippen MR) is 104 cm³/mol. The number of halogens is 2. The molecule has 5 heteroatoms. The highest BCUT2D eigenvalue weighted by atomic mass is 35.5. The van der Waals surface area contributed by atoms with E-state index in [2.05, 4.69) is 12.2 Å². The zero-order chi connectivity index (χ0) is 18.4. The molecule has 1 unspecified atom stereocenters. The summed E-state index contributed by atoms with van der Waals surface area (Å²) in [5, 5.41) is 4.25. The van der Waals surface area contributed by atoms with Crippen molar-refractivity contribution in [3.8, 4) is 5.75 Å². The lowest BCUT2D eigenvalue weighted by Gasteiger charge is -2.25. The number of amides is 1. The SMILES string of the molecule is CC(CCNC(=O)C(C)(C)Oc1cccc(Cl)c1)c1ccc(Cl)cc1. The molecule has 3 nitrogen and oxygen atoms in total. The summed E-state index contributed by atoms with van der Waals surface area (Å²) < 4.78 is 5.79. The minimum atomic E-state index is -0.978. The van der Waals surface area contributed by atoms with E-state index in [1.807, 2.05) is 24.3 Å². The second-order valence-electron chi connectivity index (χ2n) is 6.57. The third-order valence-electron chi connectivity index (χ3n) is 4.02. The fraction of sp³-hybridized carbons (Fsp3) is 0.350. The molecule has 25 heavy (non-hydrogen) atoms. The van der Waals surface area contributed by atoms with Gasteiger partial charge >= 0.3 is 0 Å². The second kappa shape index (κ2) is 8.59. The zero-order valence-corrected chi connectivity index (χ0v) is 16.2. The van der Waals surface area contributed by atoms with Gasteiger partial charge in [-0.15, -0.1) is 0 Å². The molecule has 2 aromatic carbocycles. The van der Waals surface area contributed by atoms with Gasteiger partial charge in [-0.2, -0.15) is 0 Å². The van der Waals surface area contributed by atoms with Gasteiger partial charge in [0, 0.05) is 16.6 Å². The Morgan fingerprint density at radius 1 is 1.12 bits per heavy atom. The van der Waals surface area contributed by atoms with E-state index in [-0.39, 0.29) is 5.91 Å². The molecule has 2 aromatic rings. The molecule has 0 aliphatic rings. The third kappa shape index (κ3) is 5.94. The van der Waals surface area contributed by atoms with Gasteiger partial charge in [-0.3, -0.25) is 4.79 Å². The van der Waals surface area contributed by atoms with Crippen LogP contribution >= 0.6 is 23.2 Å². The van der Waals surface area contributed by atoms with E-state index < -0.39 is 5.60 Å². The molecule has 0 fully saturated rings. The van der Waals surface area contributed by atoms with Crippen LogP contribution in [0.2, 0.25) is 10.0 Å². The van der Waals surface area contributed by atoms with Crippen molar-refractivity contribution in [2.45, 2.75) is 38.7 Å². The van der Waals surface area contributed by atoms with Crippen LogP contribution in [0.5, 0.6) is 5.75 Å². The minimum absolute atomic E-state index is 0.157. The number of hydrogen-bond acceptors (Lipinski definition) is 2. The molecule has 134 valence electrons. The van der Waals surface area contributed by atoms with E-state index in [4.69, 9.17) is 27.9 Å². The summed E-state index contributed by atoms with van der Waals surface area (Å²) in [6, 6.07) is 14.8. The van der Waals surface area contributed by atoms with Gasteiger partial charge in [0.1, 0.15) is 5.75 Å². The molecule has 1 amide bonds. The van der Waals surface area contributed by atoms with E-state index in [9.17, 15) is 4.79 Å². The van der Waals surface area contributed by atoms with Crippen molar-refractivity contribution < 1.29 is 9.53 Å². The van der Waals surface area contributed by atoms with Crippen LogP contribution in [0.15, 0.2) is 48.5 Å². The Balaban J connectivity index is 1.85. The molecule has 1 atom stereocenters. The van der Waals surface area contributed by atoms with E-state index in [0.29, 0.717) is 23.2 Å². The van der Waals surface area contributed by atoms with Crippen molar-refractivity contribution in [1.82, 2.24) is 5.32 Å². The van der Waals surface area contributed by atoms with E-state index in [1.54, 1.807) is 38.1 Å². The summed E-state index contributed by atoms with van der Waals surface area (Å²) in [5.74, 6) is 0.743. The van der Waals surface area contributed by atoms with Crippen LogP contribution in [-0.4, -0.2) is 18.1 Å². The molecule has 0 heterocycles. The Labute approximate surface area is 159 Å². The van der Waals surface area contributed by atoms with Gasteiger partial charge in [0.25, 0.3) is 5.91 Å². The fourth-order valence-electron chi connectivity index (χ4n) is 2.44. The van der Waals surface area contributed by atoms with Crippen molar-refractivity contribution in [3.63, 3.8) is 0 Å². The first-order valence-corrected chi connectivity index (χ1v) is 9.02. The minimum Gasteiger partial charge on any atom is -0.478 e. The molecular formula is C20H23Cl2NO2. The molecular weight excluding hydrogens is 357 g/mol. The van der Waals surface area contributed by atoms with Gasteiger partial charge in [-0.05, 0) is 62.1 Å². The predicted octanol–water partition coefficient (Wildman–Crippen LogP) is 5.46. The number of hydrogen-bond donors (Lipinski definition) is 1. The third-order valence-corrected chi connectivity index (χ3v) is 4.50. The first kappa shape index (κ1) is 19.6. The maximum atomic E-state index is 12.4. The zero-order valence-electron chi connectivity index (χ0n) is 14.7. The largest absolute Gasteiger partial charge is 0.478 e. The Morgan fingerprint density at radius 2 is 1.80 bits per heavy atom. The molecule has 1 N–H and O–H groups in total. The molecule has 2 rings (SSSR count). The normalized spacial score (nSPS) is 12.5. The Kier molecular flexibility index (Phi) is 6.74. The van der Waals surface area contributed by atoms with Crippen LogP contribution in [0.25, 0.3) is 0 Å². The first-order chi connectivity index (χ1) is 11.8. The average Bonchev–Trinajstić information content (AvgIpc) is 2.54. The quantitative estimate of drug-likeness (QED) is 0.693.